The Morgan fingerprint density at radius 3 is 2.14 bits per heavy atom. The molecule has 8 nitrogen and oxygen atoms in total. The Morgan fingerprint density at radius 2 is 1.60 bits per heavy atom. The number of carbonyl (C=O) groups excluding carboxylic acids is 2. The van der Waals surface area contributed by atoms with Crippen LogP contribution in [-0.2, 0) is 14.3 Å². The normalized spacial score (nSPS) is 16.9. The van der Waals surface area contributed by atoms with E-state index in [4.69, 9.17) is 4.74 Å². The first-order chi connectivity index (χ1) is 16.8. The summed E-state index contributed by atoms with van der Waals surface area (Å²) >= 11 is 0. The lowest BCUT2D eigenvalue weighted by Crippen LogP contribution is -2.54. The van der Waals surface area contributed by atoms with Gasteiger partial charge in [0.25, 0.3) is 0 Å². The van der Waals surface area contributed by atoms with E-state index in [1.807, 2.05) is 24.3 Å². The summed E-state index contributed by atoms with van der Waals surface area (Å²) < 4.78 is 5.61. The van der Waals surface area contributed by atoms with E-state index in [0.29, 0.717) is 12.8 Å². The zero-order valence-corrected chi connectivity index (χ0v) is 20.3. The van der Waals surface area contributed by atoms with Crippen LogP contribution in [0.5, 0.6) is 0 Å². The number of benzene rings is 2. The molecule has 0 unspecified atom stereocenters. The Labute approximate surface area is 205 Å². The highest BCUT2D eigenvalue weighted by molar-refractivity contribution is 5.88. The minimum atomic E-state index is -1.08. The minimum Gasteiger partial charge on any atom is -0.480 e. The van der Waals surface area contributed by atoms with Crippen molar-refractivity contribution in [2.45, 2.75) is 37.6 Å². The first-order valence-electron chi connectivity index (χ1n) is 12.1. The van der Waals surface area contributed by atoms with Gasteiger partial charge in [-0.1, -0.05) is 61.4 Å². The van der Waals surface area contributed by atoms with Gasteiger partial charge in [-0.05, 0) is 49.2 Å². The first-order valence-corrected chi connectivity index (χ1v) is 12.1. The number of nitrogens with zero attached hydrogens (tertiary/aromatic N) is 1. The summed E-state index contributed by atoms with van der Waals surface area (Å²) in [6.45, 7) is 0.504. The Balaban J connectivity index is 1.37. The standard InChI is InChI=1S/C27H33N3O5/c1-30(2)15-23(24(31)32)29-25(33)27(13-7-8-14-27)17-28-26(34)35-16-22-20-11-5-3-9-18(20)19-10-4-6-12-21(19)22/h3-6,9-12,22-23H,7-8,13-17H2,1-2H3,(H,28,34)(H,29,33)(H,31,32)/t23-/m0/s1. The summed E-state index contributed by atoms with van der Waals surface area (Å²) in [6.07, 6.45) is 2.32. The number of likely N-dealkylation sites (N-methyl/N-ethyl adjacent to an activating group) is 1. The third-order valence-electron chi connectivity index (χ3n) is 7.11. The highest BCUT2D eigenvalue weighted by Crippen LogP contribution is 2.44. The molecule has 1 fully saturated rings. The highest BCUT2D eigenvalue weighted by atomic mass is 16.5. The Bertz CT molecular complexity index is 1050. The molecule has 0 bridgehead atoms. The van der Waals surface area contributed by atoms with Crippen molar-refractivity contribution in [2.24, 2.45) is 5.41 Å². The van der Waals surface area contributed by atoms with Gasteiger partial charge in [0.15, 0.2) is 0 Å². The van der Waals surface area contributed by atoms with Gasteiger partial charge < -0.3 is 25.4 Å². The molecule has 2 aromatic rings. The smallest absolute Gasteiger partial charge is 0.407 e. The average molecular weight is 480 g/mol. The summed E-state index contributed by atoms with van der Waals surface area (Å²) in [7, 11) is 3.51. The predicted octanol–water partition coefficient (Wildman–Crippen LogP) is 3.22. The number of carboxylic acids is 1. The van der Waals surface area contributed by atoms with Crippen molar-refractivity contribution in [2.75, 3.05) is 33.8 Å². The largest absolute Gasteiger partial charge is 0.480 e. The number of carboxylic acid groups (broad SMARTS) is 1. The Hall–Kier alpha value is -3.39. The van der Waals surface area contributed by atoms with E-state index in [1.54, 1.807) is 19.0 Å². The number of fused-ring (bicyclic) bond motifs is 3. The summed E-state index contributed by atoms with van der Waals surface area (Å²) in [6, 6.07) is 15.3. The number of hydrogen-bond donors (Lipinski definition) is 3. The van der Waals surface area contributed by atoms with Crippen LogP contribution >= 0.6 is 0 Å². The number of aliphatic carboxylic acids is 1. The van der Waals surface area contributed by atoms with Crippen LogP contribution in [0.25, 0.3) is 11.1 Å². The molecule has 0 aliphatic heterocycles. The van der Waals surface area contributed by atoms with Crippen LogP contribution in [-0.4, -0.2) is 67.8 Å². The van der Waals surface area contributed by atoms with Gasteiger partial charge in [-0.15, -0.1) is 0 Å². The maximum Gasteiger partial charge on any atom is 0.407 e. The van der Waals surface area contributed by atoms with Gasteiger partial charge in [0.2, 0.25) is 5.91 Å². The van der Waals surface area contributed by atoms with Crippen LogP contribution < -0.4 is 10.6 Å². The molecule has 186 valence electrons. The van der Waals surface area contributed by atoms with Gasteiger partial charge >= 0.3 is 12.1 Å². The van der Waals surface area contributed by atoms with Gasteiger partial charge in [-0.2, -0.15) is 0 Å². The van der Waals surface area contributed by atoms with E-state index in [9.17, 15) is 19.5 Å². The molecule has 35 heavy (non-hydrogen) atoms. The third-order valence-corrected chi connectivity index (χ3v) is 7.11. The molecule has 8 heteroatoms. The van der Waals surface area contributed by atoms with E-state index >= 15 is 0 Å². The van der Waals surface area contributed by atoms with Crippen LogP contribution in [0.3, 0.4) is 0 Å². The number of alkyl carbamates (subject to hydrolysis) is 1. The second kappa shape index (κ2) is 10.5. The Morgan fingerprint density at radius 1 is 1.03 bits per heavy atom. The number of amides is 2. The van der Waals surface area contributed by atoms with E-state index in [-0.39, 0.29) is 31.5 Å². The lowest BCUT2D eigenvalue weighted by Gasteiger charge is -2.30. The number of rotatable bonds is 9. The summed E-state index contributed by atoms with van der Waals surface area (Å²) in [5, 5.41) is 15.0. The first kappa shape index (κ1) is 24.7. The number of nitrogens with one attached hydrogen (secondary N) is 2. The van der Waals surface area contributed by atoms with Crippen LogP contribution in [0.15, 0.2) is 48.5 Å². The maximum atomic E-state index is 13.1. The molecule has 2 amide bonds. The average Bonchev–Trinajstić information content (AvgIpc) is 3.44. The number of hydrogen-bond acceptors (Lipinski definition) is 5. The van der Waals surface area contributed by atoms with Gasteiger partial charge in [0.1, 0.15) is 12.6 Å². The maximum absolute atomic E-state index is 13.1. The van der Waals surface area contributed by atoms with Crippen molar-refractivity contribution in [3.63, 3.8) is 0 Å². The summed E-state index contributed by atoms with van der Waals surface area (Å²) in [5.41, 5.74) is 3.75. The lowest BCUT2D eigenvalue weighted by atomic mass is 9.84. The van der Waals surface area contributed by atoms with E-state index in [0.717, 1.165) is 35.1 Å². The zero-order chi connectivity index (χ0) is 25.0. The molecule has 4 rings (SSSR count). The second-order valence-corrected chi connectivity index (χ2v) is 9.79. The molecule has 1 saturated carbocycles. The molecular weight excluding hydrogens is 446 g/mol. The summed E-state index contributed by atoms with van der Waals surface area (Å²) in [5.74, 6) is -1.45. The highest BCUT2D eigenvalue weighted by Gasteiger charge is 2.43. The van der Waals surface area contributed by atoms with Gasteiger partial charge in [0.05, 0.1) is 5.41 Å². The molecule has 3 N–H and O–H groups in total. The van der Waals surface area contributed by atoms with E-state index in [2.05, 4.69) is 34.9 Å². The second-order valence-electron chi connectivity index (χ2n) is 9.79. The van der Waals surface area contributed by atoms with Crippen molar-refractivity contribution in [1.29, 1.82) is 0 Å². The van der Waals surface area contributed by atoms with E-state index < -0.39 is 23.5 Å². The topological polar surface area (TPSA) is 108 Å². The molecule has 0 aromatic heterocycles. The fourth-order valence-electron chi connectivity index (χ4n) is 5.29. The quantitative estimate of drug-likeness (QED) is 0.510. The van der Waals surface area contributed by atoms with Gasteiger partial charge in [-0.25, -0.2) is 9.59 Å². The van der Waals surface area contributed by atoms with Crippen molar-refractivity contribution >= 4 is 18.0 Å². The Kier molecular flexibility index (Phi) is 7.40. The minimum absolute atomic E-state index is 0.0424. The zero-order valence-electron chi connectivity index (χ0n) is 20.3. The van der Waals surface area contributed by atoms with Crippen molar-refractivity contribution in [3.8, 4) is 11.1 Å². The van der Waals surface area contributed by atoms with Crippen molar-refractivity contribution < 1.29 is 24.2 Å². The SMILES string of the molecule is CN(C)C[C@H](NC(=O)C1(CNC(=O)OCC2c3ccccc3-c3ccccc32)CCCC1)C(=O)O. The molecule has 0 saturated heterocycles. The number of carbonyl (C=O) groups is 3. The molecule has 2 aromatic carbocycles. The summed E-state index contributed by atoms with van der Waals surface area (Å²) in [4.78, 5) is 39.1. The molecule has 2 aliphatic carbocycles. The number of ether oxygens (including phenoxy) is 1. The van der Waals surface area contributed by atoms with Crippen molar-refractivity contribution in [3.05, 3.63) is 59.7 Å². The van der Waals surface area contributed by atoms with Crippen LogP contribution in [0.1, 0.15) is 42.7 Å². The predicted molar refractivity (Wildman–Crippen MR) is 132 cm³/mol. The molecule has 2 aliphatic rings. The van der Waals surface area contributed by atoms with E-state index in [1.165, 1.54) is 0 Å². The third kappa shape index (κ3) is 5.32. The van der Waals surface area contributed by atoms with Gasteiger partial charge in [-0.3, -0.25) is 4.79 Å². The molecule has 0 radical (unpaired) electrons. The fraction of sp³-hybridized carbons (Fsp3) is 0.444. The molecule has 1 atom stereocenters. The monoisotopic (exact) mass is 479 g/mol. The van der Waals surface area contributed by atoms with Crippen LogP contribution in [0, 0.1) is 5.41 Å². The molecule has 0 spiro atoms. The fourth-order valence-corrected chi connectivity index (χ4v) is 5.29. The van der Waals surface area contributed by atoms with Gasteiger partial charge in [0, 0.05) is 19.0 Å². The molecular formula is C27H33N3O5. The van der Waals surface area contributed by atoms with Crippen LogP contribution in [0.2, 0.25) is 0 Å². The lowest BCUT2D eigenvalue weighted by molar-refractivity contribution is -0.144. The van der Waals surface area contributed by atoms with Crippen LogP contribution in [0.4, 0.5) is 4.79 Å². The van der Waals surface area contributed by atoms with Crippen molar-refractivity contribution in [1.82, 2.24) is 15.5 Å². The molecule has 0 heterocycles.